The summed E-state index contributed by atoms with van der Waals surface area (Å²) in [6.45, 7) is 1.69. The number of nitrogens with zero attached hydrogens (tertiary/aromatic N) is 2. The van der Waals surface area contributed by atoms with E-state index in [-0.39, 0.29) is 17.1 Å². The van der Waals surface area contributed by atoms with E-state index in [0.29, 0.717) is 5.39 Å². The summed E-state index contributed by atoms with van der Waals surface area (Å²) in [6.07, 6.45) is -3.45. The lowest BCUT2D eigenvalue weighted by Crippen LogP contribution is -2.22. The van der Waals surface area contributed by atoms with E-state index in [1.54, 1.807) is 43.3 Å². The first kappa shape index (κ1) is 22.1. The number of pyridine rings is 2. The van der Waals surface area contributed by atoms with Crippen LogP contribution in [0, 0.1) is 0 Å². The Labute approximate surface area is 185 Å². The first-order valence-corrected chi connectivity index (χ1v) is 9.86. The number of aromatic nitrogens is 2. The predicted molar refractivity (Wildman–Crippen MR) is 115 cm³/mol. The minimum Gasteiger partial charge on any atom is -0.425 e. The minimum absolute atomic E-state index is 0.00910. The summed E-state index contributed by atoms with van der Waals surface area (Å²) in [6, 6.07) is 18.3. The van der Waals surface area contributed by atoms with Crippen LogP contribution >= 0.6 is 0 Å². The summed E-state index contributed by atoms with van der Waals surface area (Å²) in [4.78, 5) is 29.9. The van der Waals surface area contributed by atoms with Gasteiger partial charge in [0.2, 0.25) is 0 Å². The van der Waals surface area contributed by atoms with Crippen molar-refractivity contribution in [3.8, 4) is 17.2 Å². The lowest BCUT2D eigenvalue weighted by molar-refractivity contribution is -0.274. The van der Waals surface area contributed by atoms with Crippen molar-refractivity contribution in [1.82, 2.24) is 9.55 Å². The van der Waals surface area contributed by atoms with Gasteiger partial charge in [-0.3, -0.25) is 14.2 Å². The Morgan fingerprint density at radius 3 is 2.48 bits per heavy atom. The summed E-state index contributed by atoms with van der Waals surface area (Å²) in [5.41, 5.74) is 0.338. The summed E-state index contributed by atoms with van der Waals surface area (Å²) in [7, 11) is 0. The number of ether oxygens (including phenoxy) is 2. The Morgan fingerprint density at radius 2 is 1.76 bits per heavy atom. The van der Waals surface area contributed by atoms with Gasteiger partial charge in [-0.2, -0.15) is 0 Å². The van der Waals surface area contributed by atoms with Crippen molar-refractivity contribution in [2.75, 3.05) is 0 Å². The molecular formula is C24H17F3N2O4. The highest BCUT2D eigenvalue weighted by Gasteiger charge is 2.31. The lowest BCUT2D eigenvalue weighted by Gasteiger charge is -2.16. The van der Waals surface area contributed by atoms with E-state index in [9.17, 15) is 22.8 Å². The second-order valence-corrected chi connectivity index (χ2v) is 7.16. The van der Waals surface area contributed by atoms with E-state index >= 15 is 0 Å². The van der Waals surface area contributed by atoms with Crippen LogP contribution in [-0.2, 0) is 4.79 Å². The second kappa shape index (κ2) is 8.78. The van der Waals surface area contributed by atoms with Crippen molar-refractivity contribution in [2.45, 2.75) is 19.2 Å². The fraction of sp³-hybridized carbons (Fsp3) is 0.125. The van der Waals surface area contributed by atoms with E-state index in [2.05, 4.69) is 9.72 Å². The van der Waals surface area contributed by atoms with Crippen molar-refractivity contribution in [3.05, 3.63) is 94.9 Å². The topological polar surface area (TPSA) is 70.4 Å². The Balaban J connectivity index is 1.75. The molecule has 9 heteroatoms. The molecule has 1 atom stereocenters. The zero-order valence-electron chi connectivity index (χ0n) is 17.2. The maximum absolute atomic E-state index is 12.9. The SMILES string of the molecule is CC(C(=O)Oc1cc(=O)n(-c2cccc(OC(F)(F)F)c2)c2ncccc12)c1ccccc1. The molecule has 2 aromatic carbocycles. The third kappa shape index (κ3) is 4.87. The molecule has 33 heavy (non-hydrogen) atoms. The third-order valence-corrected chi connectivity index (χ3v) is 4.91. The molecule has 6 nitrogen and oxygen atoms in total. The van der Waals surface area contributed by atoms with E-state index < -0.39 is 29.6 Å². The molecule has 0 aliphatic rings. The van der Waals surface area contributed by atoms with Gasteiger partial charge in [0, 0.05) is 18.3 Å². The molecule has 2 aromatic heterocycles. The van der Waals surface area contributed by atoms with Gasteiger partial charge in [0.15, 0.2) is 5.65 Å². The lowest BCUT2D eigenvalue weighted by atomic mass is 10.0. The van der Waals surface area contributed by atoms with Crippen LogP contribution in [0.5, 0.6) is 11.5 Å². The number of fused-ring (bicyclic) bond motifs is 1. The molecule has 0 saturated carbocycles. The van der Waals surface area contributed by atoms with Gasteiger partial charge in [0.05, 0.1) is 17.0 Å². The molecule has 1 unspecified atom stereocenters. The van der Waals surface area contributed by atoms with Crippen LogP contribution in [0.4, 0.5) is 13.2 Å². The quantitative estimate of drug-likeness (QED) is 0.397. The summed E-state index contributed by atoms with van der Waals surface area (Å²) in [5.74, 6) is -1.63. The highest BCUT2D eigenvalue weighted by molar-refractivity contribution is 5.88. The molecule has 0 amide bonds. The van der Waals surface area contributed by atoms with Crippen LogP contribution in [0.3, 0.4) is 0 Å². The minimum atomic E-state index is -4.88. The van der Waals surface area contributed by atoms with Crippen LogP contribution < -0.4 is 15.0 Å². The Hall–Kier alpha value is -4.14. The highest BCUT2D eigenvalue weighted by Crippen LogP contribution is 2.28. The summed E-state index contributed by atoms with van der Waals surface area (Å²) >= 11 is 0. The second-order valence-electron chi connectivity index (χ2n) is 7.16. The van der Waals surface area contributed by atoms with E-state index in [1.807, 2.05) is 6.07 Å². The van der Waals surface area contributed by atoms with Crippen molar-refractivity contribution in [1.29, 1.82) is 0 Å². The van der Waals surface area contributed by atoms with Gasteiger partial charge in [0.1, 0.15) is 11.5 Å². The number of benzene rings is 2. The van der Waals surface area contributed by atoms with E-state index in [4.69, 9.17) is 4.74 Å². The van der Waals surface area contributed by atoms with Crippen molar-refractivity contribution < 1.29 is 27.4 Å². The van der Waals surface area contributed by atoms with Gasteiger partial charge in [-0.15, -0.1) is 13.2 Å². The number of halogens is 3. The average molecular weight is 454 g/mol. The van der Waals surface area contributed by atoms with Crippen LogP contribution in [0.15, 0.2) is 83.8 Å². The number of esters is 1. The molecule has 4 rings (SSSR count). The molecule has 0 N–H and O–H groups in total. The molecule has 2 heterocycles. The van der Waals surface area contributed by atoms with Gasteiger partial charge < -0.3 is 9.47 Å². The largest absolute Gasteiger partial charge is 0.573 e. The van der Waals surface area contributed by atoms with Crippen LogP contribution in [0.1, 0.15) is 18.4 Å². The number of hydrogen-bond donors (Lipinski definition) is 0. The van der Waals surface area contributed by atoms with Gasteiger partial charge in [-0.25, -0.2) is 4.98 Å². The van der Waals surface area contributed by atoms with E-state index in [1.165, 1.54) is 18.3 Å². The van der Waals surface area contributed by atoms with Gasteiger partial charge in [-0.05, 0) is 36.8 Å². The number of rotatable bonds is 5. The van der Waals surface area contributed by atoms with Gasteiger partial charge >= 0.3 is 12.3 Å². The number of carbonyl (C=O) groups is 1. The summed E-state index contributed by atoms with van der Waals surface area (Å²) in [5, 5.41) is 0.341. The smallest absolute Gasteiger partial charge is 0.425 e. The van der Waals surface area contributed by atoms with Crippen molar-refractivity contribution in [2.24, 2.45) is 0 Å². The van der Waals surface area contributed by atoms with Crippen molar-refractivity contribution >= 4 is 17.0 Å². The molecule has 0 aliphatic carbocycles. The van der Waals surface area contributed by atoms with Gasteiger partial charge in [-0.1, -0.05) is 36.4 Å². The predicted octanol–water partition coefficient (Wildman–Crippen LogP) is 4.99. The molecular weight excluding hydrogens is 437 g/mol. The number of carbonyl (C=O) groups excluding carboxylic acids is 1. The summed E-state index contributed by atoms with van der Waals surface area (Å²) < 4.78 is 48.5. The van der Waals surface area contributed by atoms with Gasteiger partial charge in [0.25, 0.3) is 5.56 Å². The average Bonchev–Trinajstić information content (AvgIpc) is 2.78. The molecule has 0 aliphatic heterocycles. The zero-order valence-corrected chi connectivity index (χ0v) is 17.2. The Kier molecular flexibility index (Phi) is 5.87. The molecule has 0 bridgehead atoms. The Morgan fingerprint density at radius 1 is 1.00 bits per heavy atom. The number of hydrogen-bond acceptors (Lipinski definition) is 5. The fourth-order valence-corrected chi connectivity index (χ4v) is 3.35. The number of alkyl halides is 3. The first-order chi connectivity index (χ1) is 15.7. The Bertz CT molecular complexity index is 1370. The van der Waals surface area contributed by atoms with Crippen LogP contribution in [-0.4, -0.2) is 21.9 Å². The normalized spacial score (nSPS) is 12.4. The maximum atomic E-state index is 12.9. The molecule has 168 valence electrons. The maximum Gasteiger partial charge on any atom is 0.573 e. The standard InChI is InChI=1S/C24H17F3N2O4/c1-15(16-7-3-2-4-8-16)23(31)32-20-14-21(30)29(22-19(20)11-6-12-28-22)17-9-5-10-18(13-17)33-24(25,26)27/h2-15H,1H3. The highest BCUT2D eigenvalue weighted by atomic mass is 19.4. The third-order valence-electron chi connectivity index (χ3n) is 4.91. The molecule has 0 spiro atoms. The molecule has 0 radical (unpaired) electrons. The monoisotopic (exact) mass is 454 g/mol. The van der Waals surface area contributed by atoms with E-state index in [0.717, 1.165) is 28.3 Å². The molecule has 0 saturated heterocycles. The zero-order chi connectivity index (χ0) is 23.6. The molecule has 0 fully saturated rings. The molecule has 4 aromatic rings. The van der Waals surface area contributed by atoms with Crippen molar-refractivity contribution in [3.63, 3.8) is 0 Å². The van der Waals surface area contributed by atoms with Crippen LogP contribution in [0.25, 0.3) is 16.7 Å². The fourth-order valence-electron chi connectivity index (χ4n) is 3.35. The first-order valence-electron chi connectivity index (χ1n) is 9.86. The van der Waals surface area contributed by atoms with Crippen LogP contribution in [0.2, 0.25) is 0 Å².